The third kappa shape index (κ3) is 3.21. The number of furan rings is 1. The largest absolute Gasteiger partial charge is 0.460 e. The lowest BCUT2D eigenvalue weighted by Crippen LogP contribution is -2.35. The predicted molar refractivity (Wildman–Crippen MR) is 88.0 cm³/mol. The number of H-pyrrole nitrogens is 1. The monoisotopic (exact) mass is 315 g/mol. The van der Waals surface area contributed by atoms with Gasteiger partial charge in [0, 0.05) is 25.3 Å². The van der Waals surface area contributed by atoms with Crippen molar-refractivity contribution in [1.29, 1.82) is 0 Å². The molecule has 2 aromatic heterocycles. The molecule has 2 aromatic rings. The first-order chi connectivity index (χ1) is 11.3. The highest BCUT2D eigenvalue weighted by atomic mass is 16.5. The van der Waals surface area contributed by atoms with E-state index in [2.05, 4.69) is 15.1 Å². The Morgan fingerprint density at radius 2 is 2.09 bits per heavy atom. The zero-order valence-corrected chi connectivity index (χ0v) is 13.8. The summed E-state index contributed by atoms with van der Waals surface area (Å²) in [5.41, 5.74) is 2.24. The Bertz CT molecular complexity index is 634. The molecular formula is C18H25N3O2. The number of rotatable bonds is 4. The van der Waals surface area contributed by atoms with E-state index in [4.69, 9.17) is 9.15 Å². The molecule has 0 aromatic carbocycles. The molecule has 4 heterocycles. The van der Waals surface area contributed by atoms with Gasteiger partial charge in [-0.3, -0.25) is 10.00 Å². The number of hydrogen-bond donors (Lipinski definition) is 1. The van der Waals surface area contributed by atoms with E-state index in [0.717, 1.165) is 48.8 Å². The zero-order chi connectivity index (χ0) is 15.6. The third-order valence-electron chi connectivity index (χ3n) is 5.36. The topological polar surface area (TPSA) is 54.3 Å². The summed E-state index contributed by atoms with van der Waals surface area (Å²) in [5, 5.41) is 7.31. The highest BCUT2D eigenvalue weighted by molar-refractivity contribution is 5.56. The minimum absolute atomic E-state index is 0.799. The van der Waals surface area contributed by atoms with Crippen molar-refractivity contribution in [3.05, 3.63) is 29.7 Å². The summed E-state index contributed by atoms with van der Waals surface area (Å²) in [6.07, 6.45) is 5.78. The highest BCUT2D eigenvalue weighted by Gasteiger charge is 2.29. The second-order valence-corrected chi connectivity index (χ2v) is 6.92. The van der Waals surface area contributed by atoms with Gasteiger partial charge in [0.05, 0.1) is 6.20 Å². The van der Waals surface area contributed by atoms with Crippen molar-refractivity contribution in [2.24, 2.45) is 11.8 Å². The van der Waals surface area contributed by atoms with E-state index >= 15 is 0 Å². The fourth-order valence-electron chi connectivity index (χ4n) is 3.96. The van der Waals surface area contributed by atoms with Crippen molar-refractivity contribution in [3.8, 4) is 11.5 Å². The average Bonchev–Trinajstić information content (AvgIpc) is 3.29. The summed E-state index contributed by atoms with van der Waals surface area (Å²) in [7, 11) is 0. The molecule has 5 heteroatoms. The smallest absolute Gasteiger partial charge is 0.152 e. The van der Waals surface area contributed by atoms with Gasteiger partial charge in [-0.15, -0.1) is 0 Å². The van der Waals surface area contributed by atoms with E-state index in [1.54, 1.807) is 0 Å². The second kappa shape index (κ2) is 6.49. The van der Waals surface area contributed by atoms with Crippen LogP contribution in [0.15, 0.2) is 22.7 Å². The Morgan fingerprint density at radius 1 is 1.22 bits per heavy atom. The van der Waals surface area contributed by atoms with E-state index in [1.807, 2.05) is 25.3 Å². The number of aromatic nitrogens is 2. The molecule has 1 unspecified atom stereocenters. The number of nitrogens with zero attached hydrogens (tertiary/aromatic N) is 2. The lowest BCUT2D eigenvalue weighted by atomic mass is 9.84. The summed E-state index contributed by atoms with van der Waals surface area (Å²) in [5.74, 6) is 3.46. The molecule has 4 rings (SSSR count). The quantitative estimate of drug-likeness (QED) is 0.941. The fourth-order valence-corrected chi connectivity index (χ4v) is 3.96. The number of aromatic amines is 1. The molecule has 0 radical (unpaired) electrons. The van der Waals surface area contributed by atoms with Crippen LogP contribution in [0.5, 0.6) is 0 Å². The van der Waals surface area contributed by atoms with Gasteiger partial charge in [0.15, 0.2) is 5.76 Å². The van der Waals surface area contributed by atoms with E-state index < -0.39 is 0 Å². The van der Waals surface area contributed by atoms with E-state index in [1.165, 1.54) is 37.9 Å². The molecule has 2 saturated heterocycles. The van der Waals surface area contributed by atoms with Crippen LogP contribution in [0.3, 0.4) is 0 Å². The Labute approximate surface area is 137 Å². The van der Waals surface area contributed by atoms with Crippen LogP contribution in [-0.2, 0) is 11.3 Å². The SMILES string of the molecule is Cc1ccc(-c2[nH]ncc2CN2CCC(C3CCOC3)CC2)o1. The standard InChI is InChI=1S/C18H25N3O2/c1-13-2-3-17(23-13)18-16(10-19-20-18)11-21-7-4-14(5-8-21)15-6-9-22-12-15/h2-3,10,14-15H,4-9,11-12H2,1H3,(H,19,20). The number of nitrogens with one attached hydrogen (secondary N) is 1. The number of aryl methyl sites for hydroxylation is 1. The zero-order valence-electron chi connectivity index (χ0n) is 13.8. The molecule has 0 spiro atoms. The minimum Gasteiger partial charge on any atom is -0.460 e. The molecule has 0 amide bonds. The minimum atomic E-state index is 0.799. The third-order valence-corrected chi connectivity index (χ3v) is 5.36. The molecule has 2 fully saturated rings. The summed E-state index contributed by atoms with van der Waals surface area (Å²) < 4.78 is 11.3. The van der Waals surface area contributed by atoms with Crippen molar-refractivity contribution >= 4 is 0 Å². The maximum atomic E-state index is 5.74. The molecule has 0 bridgehead atoms. The Kier molecular flexibility index (Phi) is 4.23. The average molecular weight is 315 g/mol. The lowest BCUT2D eigenvalue weighted by molar-refractivity contribution is 0.122. The van der Waals surface area contributed by atoms with Gasteiger partial charge in [-0.25, -0.2) is 0 Å². The summed E-state index contributed by atoms with van der Waals surface area (Å²) in [6, 6.07) is 4.01. The first kappa shape index (κ1) is 15.0. The molecule has 2 aliphatic rings. The molecule has 0 saturated carbocycles. The molecule has 2 aliphatic heterocycles. The summed E-state index contributed by atoms with van der Waals surface area (Å²) in [6.45, 7) is 7.20. The summed E-state index contributed by atoms with van der Waals surface area (Å²) in [4.78, 5) is 2.54. The van der Waals surface area contributed by atoms with E-state index in [9.17, 15) is 0 Å². The van der Waals surface area contributed by atoms with Gasteiger partial charge in [-0.2, -0.15) is 5.10 Å². The van der Waals surface area contributed by atoms with Gasteiger partial charge in [-0.05, 0) is 63.2 Å². The Hall–Kier alpha value is -1.59. The molecule has 5 nitrogen and oxygen atoms in total. The Balaban J connectivity index is 1.37. The Morgan fingerprint density at radius 3 is 2.78 bits per heavy atom. The van der Waals surface area contributed by atoms with Crippen LogP contribution in [-0.4, -0.2) is 41.4 Å². The molecule has 124 valence electrons. The van der Waals surface area contributed by atoms with Crippen LogP contribution >= 0.6 is 0 Å². The van der Waals surface area contributed by atoms with Crippen LogP contribution < -0.4 is 0 Å². The van der Waals surface area contributed by atoms with Gasteiger partial charge in [0.2, 0.25) is 0 Å². The first-order valence-electron chi connectivity index (χ1n) is 8.69. The van der Waals surface area contributed by atoms with Gasteiger partial charge in [0.25, 0.3) is 0 Å². The molecule has 0 aliphatic carbocycles. The number of hydrogen-bond acceptors (Lipinski definition) is 4. The van der Waals surface area contributed by atoms with Crippen LogP contribution in [0.4, 0.5) is 0 Å². The maximum Gasteiger partial charge on any atom is 0.152 e. The number of ether oxygens (including phenoxy) is 1. The summed E-state index contributed by atoms with van der Waals surface area (Å²) >= 11 is 0. The maximum absolute atomic E-state index is 5.74. The molecule has 1 N–H and O–H groups in total. The molecule has 23 heavy (non-hydrogen) atoms. The van der Waals surface area contributed by atoms with Gasteiger partial charge in [0.1, 0.15) is 11.5 Å². The number of piperidine rings is 1. The first-order valence-corrected chi connectivity index (χ1v) is 8.69. The van der Waals surface area contributed by atoms with Gasteiger partial charge >= 0.3 is 0 Å². The number of likely N-dealkylation sites (tertiary alicyclic amines) is 1. The van der Waals surface area contributed by atoms with Crippen LogP contribution in [0, 0.1) is 18.8 Å². The van der Waals surface area contributed by atoms with Crippen LogP contribution in [0.1, 0.15) is 30.6 Å². The van der Waals surface area contributed by atoms with E-state index in [-0.39, 0.29) is 0 Å². The predicted octanol–water partition coefficient (Wildman–Crippen LogP) is 3.23. The van der Waals surface area contributed by atoms with Gasteiger partial charge in [-0.1, -0.05) is 0 Å². The molecule has 1 atom stereocenters. The normalized spacial score (nSPS) is 23.6. The van der Waals surface area contributed by atoms with Crippen LogP contribution in [0.2, 0.25) is 0 Å². The van der Waals surface area contributed by atoms with Crippen molar-refractivity contribution < 1.29 is 9.15 Å². The van der Waals surface area contributed by atoms with Crippen molar-refractivity contribution in [3.63, 3.8) is 0 Å². The van der Waals surface area contributed by atoms with Crippen molar-refractivity contribution in [2.45, 2.75) is 32.7 Å². The lowest BCUT2D eigenvalue weighted by Gasteiger charge is -2.34. The highest BCUT2D eigenvalue weighted by Crippen LogP contribution is 2.32. The van der Waals surface area contributed by atoms with Crippen LogP contribution in [0.25, 0.3) is 11.5 Å². The van der Waals surface area contributed by atoms with Gasteiger partial charge < -0.3 is 9.15 Å². The second-order valence-electron chi connectivity index (χ2n) is 6.92. The molecular weight excluding hydrogens is 290 g/mol. The van der Waals surface area contributed by atoms with Crippen molar-refractivity contribution in [1.82, 2.24) is 15.1 Å². The van der Waals surface area contributed by atoms with Crippen molar-refractivity contribution in [2.75, 3.05) is 26.3 Å². The van der Waals surface area contributed by atoms with E-state index in [0.29, 0.717) is 0 Å². The fraction of sp³-hybridized carbons (Fsp3) is 0.611.